The Morgan fingerprint density at radius 1 is 1.41 bits per heavy atom. The molecule has 1 aliphatic carbocycles. The summed E-state index contributed by atoms with van der Waals surface area (Å²) in [6.07, 6.45) is 6.92. The van der Waals surface area contributed by atoms with E-state index < -0.39 is 0 Å². The van der Waals surface area contributed by atoms with Gasteiger partial charge in [-0.1, -0.05) is 36.7 Å². The van der Waals surface area contributed by atoms with Gasteiger partial charge in [0.2, 0.25) is 0 Å². The monoisotopic (exact) mass is 389 g/mol. The van der Waals surface area contributed by atoms with Gasteiger partial charge in [0, 0.05) is 24.6 Å². The van der Waals surface area contributed by atoms with Crippen LogP contribution in [0.4, 0.5) is 0 Å². The number of ether oxygens (including phenoxy) is 1. The van der Waals surface area contributed by atoms with Crippen LogP contribution in [0.15, 0.2) is 33.9 Å². The number of pyridine rings is 1. The average Bonchev–Trinajstić information content (AvgIpc) is 3.10. The molecule has 7 heteroatoms. The van der Waals surface area contributed by atoms with Crippen molar-refractivity contribution < 1.29 is 14.1 Å². The van der Waals surface area contributed by atoms with Crippen LogP contribution in [0, 0.1) is 12.8 Å². The number of amides is 1. The van der Waals surface area contributed by atoms with E-state index in [0.717, 1.165) is 17.9 Å². The lowest BCUT2D eigenvalue weighted by atomic mass is 9.88. The van der Waals surface area contributed by atoms with Crippen molar-refractivity contribution in [3.8, 4) is 0 Å². The van der Waals surface area contributed by atoms with Crippen LogP contribution in [0.25, 0.3) is 0 Å². The summed E-state index contributed by atoms with van der Waals surface area (Å²) < 4.78 is 11.0. The molecule has 6 nitrogen and oxygen atoms in total. The summed E-state index contributed by atoms with van der Waals surface area (Å²) in [5.74, 6) is 1.87. The average molecular weight is 390 g/mol. The first-order valence-corrected chi connectivity index (χ1v) is 10.5. The first-order chi connectivity index (χ1) is 13.1. The summed E-state index contributed by atoms with van der Waals surface area (Å²) in [5, 5.41) is 7.61. The van der Waals surface area contributed by atoms with Crippen molar-refractivity contribution >= 4 is 17.7 Å². The number of hydrogen-bond acceptors (Lipinski definition) is 6. The zero-order valence-electron chi connectivity index (χ0n) is 15.9. The Balaban J connectivity index is 1.47. The largest absolute Gasteiger partial charge is 0.376 e. The van der Waals surface area contributed by atoms with Crippen LogP contribution in [-0.4, -0.2) is 35.3 Å². The fourth-order valence-corrected chi connectivity index (χ4v) is 4.18. The molecule has 27 heavy (non-hydrogen) atoms. The second-order valence-corrected chi connectivity index (χ2v) is 7.96. The normalized spacial score (nSPS) is 19.8. The SMILES string of the molecule is Cc1cc(CSc2ncccc2C(=O)NCCO[C@@H]2CCCC[C@H]2C)no1. The maximum Gasteiger partial charge on any atom is 0.254 e. The van der Waals surface area contributed by atoms with Crippen LogP contribution in [0.5, 0.6) is 0 Å². The molecule has 2 atom stereocenters. The van der Waals surface area contributed by atoms with Crippen LogP contribution >= 0.6 is 11.8 Å². The molecule has 1 fully saturated rings. The Kier molecular flexibility index (Phi) is 7.29. The van der Waals surface area contributed by atoms with Gasteiger partial charge in [0.05, 0.1) is 24.0 Å². The Hall–Kier alpha value is -1.86. The van der Waals surface area contributed by atoms with Crippen LogP contribution in [0.2, 0.25) is 0 Å². The third-order valence-electron chi connectivity index (χ3n) is 4.80. The summed E-state index contributed by atoms with van der Waals surface area (Å²) in [4.78, 5) is 16.9. The van der Waals surface area contributed by atoms with Crippen molar-refractivity contribution in [1.82, 2.24) is 15.5 Å². The summed E-state index contributed by atoms with van der Waals surface area (Å²) in [7, 11) is 0. The molecule has 0 unspecified atom stereocenters. The molecule has 146 valence electrons. The molecule has 3 rings (SSSR count). The van der Waals surface area contributed by atoms with Crippen molar-refractivity contribution in [1.29, 1.82) is 0 Å². The number of nitrogens with one attached hydrogen (secondary N) is 1. The van der Waals surface area contributed by atoms with E-state index in [2.05, 4.69) is 22.4 Å². The Morgan fingerprint density at radius 2 is 2.26 bits per heavy atom. The zero-order valence-corrected chi connectivity index (χ0v) is 16.8. The van der Waals surface area contributed by atoms with E-state index in [0.29, 0.717) is 41.5 Å². The molecule has 0 bridgehead atoms. The van der Waals surface area contributed by atoms with Gasteiger partial charge in [0.15, 0.2) is 0 Å². The number of thioether (sulfide) groups is 1. The predicted octanol–water partition coefficient (Wildman–Crippen LogP) is 4.00. The second-order valence-electron chi connectivity index (χ2n) is 7.00. The minimum Gasteiger partial charge on any atom is -0.376 e. The van der Waals surface area contributed by atoms with E-state index in [1.165, 1.54) is 31.0 Å². The van der Waals surface area contributed by atoms with Gasteiger partial charge in [0.1, 0.15) is 10.8 Å². The van der Waals surface area contributed by atoms with Crippen LogP contribution in [-0.2, 0) is 10.5 Å². The molecule has 2 heterocycles. The molecule has 0 radical (unpaired) electrons. The highest BCUT2D eigenvalue weighted by Gasteiger charge is 2.21. The van der Waals surface area contributed by atoms with Crippen molar-refractivity contribution in [2.75, 3.05) is 13.2 Å². The first kappa shape index (κ1) is 19.9. The standard InChI is InChI=1S/C20H27N3O3S/c1-14-6-3-4-8-18(14)25-11-10-21-19(24)17-7-5-9-22-20(17)27-13-16-12-15(2)26-23-16/h5,7,9,12,14,18H,3-4,6,8,10-11,13H2,1-2H3,(H,21,24)/t14-,18-/m1/s1. The van der Waals surface area contributed by atoms with E-state index >= 15 is 0 Å². The van der Waals surface area contributed by atoms with Gasteiger partial charge in [-0.05, 0) is 37.8 Å². The smallest absolute Gasteiger partial charge is 0.254 e. The van der Waals surface area contributed by atoms with Crippen LogP contribution in [0.3, 0.4) is 0 Å². The van der Waals surface area contributed by atoms with Gasteiger partial charge >= 0.3 is 0 Å². The molecule has 0 aromatic carbocycles. The van der Waals surface area contributed by atoms with Gasteiger partial charge in [-0.2, -0.15) is 0 Å². The molecule has 2 aromatic heterocycles. The summed E-state index contributed by atoms with van der Waals surface area (Å²) in [5.41, 5.74) is 1.42. The van der Waals surface area contributed by atoms with E-state index in [-0.39, 0.29) is 5.91 Å². The molecule has 0 aliphatic heterocycles. The molecule has 0 spiro atoms. The second kappa shape index (κ2) is 9.90. The zero-order chi connectivity index (χ0) is 19.1. The summed E-state index contributed by atoms with van der Waals surface area (Å²) >= 11 is 1.48. The maximum atomic E-state index is 12.5. The number of rotatable bonds is 8. The molecule has 1 aliphatic rings. The molecule has 1 saturated carbocycles. The molecular formula is C20H27N3O3S. The van der Waals surface area contributed by atoms with E-state index in [4.69, 9.17) is 9.26 Å². The fourth-order valence-electron chi connectivity index (χ4n) is 3.31. The third kappa shape index (κ3) is 5.81. The number of aromatic nitrogens is 2. The topological polar surface area (TPSA) is 77.2 Å². The lowest BCUT2D eigenvalue weighted by molar-refractivity contribution is -0.00294. The van der Waals surface area contributed by atoms with Gasteiger partial charge in [-0.25, -0.2) is 4.98 Å². The molecule has 2 aromatic rings. The van der Waals surface area contributed by atoms with E-state index in [1.807, 2.05) is 13.0 Å². The Labute approximate surface area is 164 Å². The van der Waals surface area contributed by atoms with Crippen molar-refractivity contribution in [2.45, 2.75) is 56.4 Å². The highest BCUT2D eigenvalue weighted by atomic mass is 32.2. The van der Waals surface area contributed by atoms with Crippen LogP contribution < -0.4 is 5.32 Å². The van der Waals surface area contributed by atoms with E-state index in [1.54, 1.807) is 18.3 Å². The first-order valence-electron chi connectivity index (χ1n) is 9.53. The lowest BCUT2D eigenvalue weighted by Gasteiger charge is -2.28. The Bertz CT molecular complexity index is 750. The predicted molar refractivity (Wildman–Crippen MR) is 105 cm³/mol. The highest BCUT2D eigenvalue weighted by molar-refractivity contribution is 7.98. The van der Waals surface area contributed by atoms with Crippen molar-refractivity contribution in [2.24, 2.45) is 5.92 Å². The number of aryl methyl sites for hydroxylation is 1. The van der Waals surface area contributed by atoms with Crippen molar-refractivity contribution in [3.05, 3.63) is 41.4 Å². The number of hydrogen-bond donors (Lipinski definition) is 1. The number of nitrogens with zero attached hydrogens (tertiary/aromatic N) is 2. The molecule has 1 N–H and O–H groups in total. The Morgan fingerprint density at radius 3 is 3.04 bits per heavy atom. The molecule has 1 amide bonds. The quantitative estimate of drug-likeness (QED) is 0.543. The van der Waals surface area contributed by atoms with Gasteiger partial charge in [-0.15, -0.1) is 0 Å². The van der Waals surface area contributed by atoms with Gasteiger partial charge < -0.3 is 14.6 Å². The number of carbonyl (C=O) groups is 1. The maximum absolute atomic E-state index is 12.5. The molecule has 0 saturated heterocycles. The summed E-state index contributed by atoms with van der Waals surface area (Å²) in [6, 6.07) is 5.46. The third-order valence-corrected chi connectivity index (χ3v) is 5.84. The highest BCUT2D eigenvalue weighted by Crippen LogP contribution is 2.26. The number of carbonyl (C=O) groups excluding carboxylic acids is 1. The minimum absolute atomic E-state index is 0.123. The van der Waals surface area contributed by atoms with E-state index in [9.17, 15) is 4.79 Å². The van der Waals surface area contributed by atoms with Gasteiger partial charge in [-0.3, -0.25) is 4.79 Å². The molecular weight excluding hydrogens is 362 g/mol. The lowest BCUT2D eigenvalue weighted by Crippen LogP contribution is -2.32. The minimum atomic E-state index is -0.123. The fraction of sp³-hybridized carbons (Fsp3) is 0.550. The van der Waals surface area contributed by atoms with Crippen LogP contribution in [0.1, 0.15) is 54.4 Å². The summed E-state index contributed by atoms with van der Waals surface area (Å²) in [6.45, 7) is 5.15. The van der Waals surface area contributed by atoms with Gasteiger partial charge in [0.25, 0.3) is 5.91 Å². The van der Waals surface area contributed by atoms with Crippen molar-refractivity contribution in [3.63, 3.8) is 0 Å².